The molecule has 0 fully saturated rings. The molecule has 0 radical (unpaired) electrons. The van der Waals surface area contributed by atoms with E-state index in [1.165, 1.54) is 31.8 Å². The van der Waals surface area contributed by atoms with Crippen LogP contribution in [0.25, 0.3) is 11.5 Å². The summed E-state index contributed by atoms with van der Waals surface area (Å²) in [5.74, 6) is -0.187. The maximum absolute atomic E-state index is 11.5. The van der Waals surface area contributed by atoms with Crippen LogP contribution in [0.3, 0.4) is 0 Å². The smallest absolute Gasteiger partial charge is 0.311 e. The Morgan fingerprint density at radius 3 is 2.94 bits per heavy atom. The Kier molecular flexibility index (Phi) is 3.42. The highest BCUT2D eigenvalue weighted by atomic mass is 16.5. The Morgan fingerprint density at radius 2 is 2.28 bits per heavy atom. The van der Waals surface area contributed by atoms with Gasteiger partial charge in [0.1, 0.15) is 5.69 Å². The third kappa shape index (κ3) is 2.76. The van der Waals surface area contributed by atoms with Gasteiger partial charge in [0.25, 0.3) is 5.56 Å². The number of ether oxygens (including phenoxy) is 1. The maximum atomic E-state index is 11.5. The molecular weight excluding hydrogens is 236 g/mol. The topological polar surface area (TPSA) is 97.8 Å². The number of hydrogen-bond acceptors (Lipinski definition) is 6. The van der Waals surface area contributed by atoms with Crippen molar-refractivity contribution in [2.75, 3.05) is 7.11 Å². The second-order valence-electron chi connectivity index (χ2n) is 3.43. The zero-order valence-corrected chi connectivity index (χ0v) is 9.58. The number of aromatic amines is 1. The molecule has 7 heteroatoms. The highest BCUT2D eigenvalue weighted by molar-refractivity contribution is 5.71. The molecule has 92 valence electrons. The second kappa shape index (κ2) is 5.17. The fourth-order valence-corrected chi connectivity index (χ4v) is 1.36. The third-order valence-corrected chi connectivity index (χ3v) is 2.15. The van der Waals surface area contributed by atoms with Gasteiger partial charge in [0.2, 0.25) is 0 Å². The minimum atomic E-state index is -0.460. The van der Waals surface area contributed by atoms with Gasteiger partial charge in [-0.05, 0) is 0 Å². The number of carbonyl (C=O) groups excluding carboxylic acids is 1. The largest absolute Gasteiger partial charge is 0.469 e. The molecule has 18 heavy (non-hydrogen) atoms. The highest BCUT2D eigenvalue weighted by Crippen LogP contribution is 2.08. The van der Waals surface area contributed by atoms with E-state index in [9.17, 15) is 9.59 Å². The molecular formula is C11H10N4O3. The van der Waals surface area contributed by atoms with E-state index in [0.717, 1.165) is 0 Å². The number of methoxy groups -OCH3 is 1. The number of nitrogens with zero attached hydrogens (tertiary/aromatic N) is 3. The number of nitrogens with one attached hydrogen (secondary N) is 1. The first-order valence-corrected chi connectivity index (χ1v) is 5.12. The van der Waals surface area contributed by atoms with Gasteiger partial charge in [0, 0.05) is 18.5 Å². The molecule has 0 unspecified atom stereocenters. The number of H-pyrrole nitrogens is 1. The van der Waals surface area contributed by atoms with Crippen molar-refractivity contribution in [3.8, 4) is 11.5 Å². The molecule has 1 N–H and O–H groups in total. The molecule has 0 aliphatic heterocycles. The molecule has 0 aromatic carbocycles. The zero-order valence-electron chi connectivity index (χ0n) is 9.58. The van der Waals surface area contributed by atoms with E-state index in [0.29, 0.717) is 11.4 Å². The Balaban J connectivity index is 2.39. The average molecular weight is 246 g/mol. The first-order chi connectivity index (χ1) is 8.69. The molecule has 0 atom stereocenters. The van der Waals surface area contributed by atoms with Crippen LogP contribution in [0.5, 0.6) is 0 Å². The van der Waals surface area contributed by atoms with Crippen molar-refractivity contribution in [2.24, 2.45) is 0 Å². The first kappa shape index (κ1) is 11.9. The quantitative estimate of drug-likeness (QED) is 0.762. The van der Waals surface area contributed by atoms with Gasteiger partial charge in [-0.2, -0.15) is 0 Å². The van der Waals surface area contributed by atoms with E-state index in [1.54, 1.807) is 0 Å². The van der Waals surface area contributed by atoms with E-state index >= 15 is 0 Å². The summed E-state index contributed by atoms with van der Waals surface area (Å²) in [6.45, 7) is 0. The Bertz CT molecular complexity index is 609. The van der Waals surface area contributed by atoms with Crippen molar-refractivity contribution in [1.29, 1.82) is 0 Å². The molecule has 0 spiro atoms. The van der Waals surface area contributed by atoms with E-state index in [1.807, 2.05) is 0 Å². The molecule has 2 heterocycles. The van der Waals surface area contributed by atoms with Crippen LogP contribution in [0.15, 0.2) is 29.5 Å². The number of carbonyl (C=O) groups is 1. The number of esters is 1. The molecule has 0 saturated carbocycles. The molecule has 2 rings (SSSR count). The maximum Gasteiger partial charge on any atom is 0.311 e. The van der Waals surface area contributed by atoms with Crippen LogP contribution in [0.1, 0.15) is 5.69 Å². The molecule has 0 saturated heterocycles. The summed E-state index contributed by atoms with van der Waals surface area (Å²) in [7, 11) is 1.28. The molecule has 7 nitrogen and oxygen atoms in total. The van der Waals surface area contributed by atoms with Crippen LogP contribution >= 0.6 is 0 Å². The van der Waals surface area contributed by atoms with Gasteiger partial charge < -0.3 is 9.72 Å². The van der Waals surface area contributed by atoms with Gasteiger partial charge in [-0.1, -0.05) is 0 Å². The number of rotatable bonds is 3. The minimum Gasteiger partial charge on any atom is -0.469 e. The summed E-state index contributed by atoms with van der Waals surface area (Å²) in [6.07, 6.45) is 4.41. The molecule has 2 aromatic rings. The van der Waals surface area contributed by atoms with Gasteiger partial charge in [-0.3, -0.25) is 14.6 Å². The number of aromatic nitrogens is 4. The summed E-state index contributed by atoms with van der Waals surface area (Å²) in [5.41, 5.74) is 0.400. The molecule has 2 aromatic heterocycles. The monoisotopic (exact) mass is 246 g/mol. The molecule has 0 bridgehead atoms. The van der Waals surface area contributed by atoms with Crippen LogP contribution in [0.4, 0.5) is 0 Å². The van der Waals surface area contributed by atoms with Gasteiger partial charge >= 0.3 is 5.97 Å². The van der Waals surface area contributed by atoms with Crippen LogP contribution in [0.2, 0.25) is 0 Å². The summed E-state index contributed by atoms with van der Waals surface area (Å²) in [5, 5.41) is 0. The molecule has 0 aliphatic carbocycles. The van der Waals surface area contributed by atoms with Gasteiger partial charge in [0.05, 0.1) is 25.4 Å². The lowest BCUT2D eigenvalue weighted by Crippen LogP contribution is -2.14. The summed E-state index contributed by atoms with van der Waals surface area (Å²) >= 11 is 0. The fraction of sp³-hybridized carbons (Fsp3) is 0.182. The van der Waals surface area contributed by atoms with Crippen LogP contribution < -0.4 is 5.56 Å². The average Bonchev–Trinajstić information content (AvgIpc) is 2.39. The second-order valence-corrected chi connectivity index (χ2v) is 3.43. The highest BCUT2D eigenvalue weighted by Gasteiger charge is 2.09. The Morgan fingerprint density at radius 1 is 1.44 bits per heavy atom. The SMILES string of the molecule is COC(=O)Cc1cc(=O)[nH]c(-c2cnccn2)n1. The van der Waals surface area contributed by atoms with E-state index in [-0.39, 0.29) is 17.8 Å². The lowest BCUT2D eigenvalue weighted by atomic mass is 10.3. The van der Waals surface area contributed by atoms with E-state index < -0.39 is 5.97 Å². The number of hydrogen-bond donors (Lipinski definition) is 1. The lowest BCUT2D eigenvalue weighted by molar-refractivity contribution is -0.139. The third-order valence-electron chi connectivity index (χ3n) is 2.15. The standard InChI is InChI=1S/C11H10N4O3/c1-18-10(17)5-7-4-9(16)15-11(14-7)8-6-12-2-3-13-8/h2-4,6H,5H2,1H3,(H,14,15,16). The van der Waals surface area contributed by atoms with Crippen LogP contribution in [-0.4, -0.2) is 33.0 Å². The minimum absolute atomic E-state index is 0.0618. The van der Waals surface area contributed by atoms with Crippen molar-refractivity contribution < 1.29 is 9.53 Å². The lowest BCUT2D eigenvalue weighted by Gasteiger charge is -2.02. The normalized spacial score (nSPS) is 10.1. The molecule has 0 aliphatic rings. The van der Waals surface area contributed by atoms with Crippen molar-refractivity contribution in [1.82, 2.24) is 19.9 Å². The zero-order chi connectivity index (χ0) is 13.0. The van der Waals surface area contributed by atoms with Crippen LogP contribution in [-0.2, 0) is 16.0 Å². The van der Waals surface area contributed by atoms with Crippen molar-refractivity contribution >= 4 is 5.97 Å². The molecule has 0 amide bonds. The Hall–Kier alpha value is -2.57. The van der Waals surface area contributed by atoms with E-state index in [4.69, 9.17) is 0 Å². The fourth-order valence-electron chi connectivity index (χ4n) is 1.36. The van der Waals surface area contributed by atoms with Gasteiger partial charge in [-0.25, -0.2) is 9.97 Å². The van der Waals surface area contributed by atoms with Crippen LogP contribution in [0, 0.1) is 0 Å². The van der Waals surface area contributed by atoms with Crippen molar-refractivity contribution in [3.63, 3.8) is 0 Å². The Labute approximate surface area is 102 Å². The van der Waals surface area contributed by atoms with Gasteiger partial charge in [0.15, 0.2) is 5.82 Å². The predicted molar refractivity (Wildman–Crippen MR) is 61.6 cm³/mol. The summed E-state index contributed by atoms with van der Waals surface area (Å²) in [4.78, 5) is 37.2. The van der Waals surface area contributed by atoms with E-state index in [2.05, 4.69) is 24.7 Å². The predicted octanol–water partition coefficient (Wildman–Crippen LogP) is -0.0576. The first-order valence-electron chi connectivity index (χ1n) is 5.12. The van der Waals surface area contributed by atoms with Gasteiger partial charge in [-0.15, -0.1) is 0 Å². The summed E-state index contributed by atoms with van der Waals surface area (Å²) in [6, 6.07) is 1.25. The van der Waals surface area contributed by atoms with Crippen molar-refractivity contribution in [2.45, 2.75) is 6.42 Å². The van der Waals surface area contributed by atoms with Crippen molar-refractivity contribution in [3.05, 3.63) is 40.7 Å². The summed E-state index contributed by atoms with van der Waals surface area (Å²) < 4.78 is 4.52.